The van der Waals surface area contributed by atoms with Crippen molar-refractivity contribution in [3.05, 3.63) is 0 Å². The van der Waals surface area contributed by atoms with Gasteiger partial charge in [-0.2, -0.15) is 0 Å². The Kier molecular flexibility index (Phi) is 11.2. The molecule has 10 unspecified atom stereocenters. The van der Waals surface area contributed by atoms with Gasteiger partial charge in [-0.25, -0.2) is 0 Å². The summed E-state index contributed by atoms with van der Waals surface area (Å²) in [6.07, 6.45) is 14.4. The second-order valence-electron chi connectivity index (χ2n) is 12.9. The molecule has 37 heavy (non-hydrogen) atoms. The zero-order valence-corrected chi connectivity index (χ0v) is 23.3. The lowest BCUT2D eigenvalue weighted by atomic mass is 9.78. The first-order valence-electron chi connectivity index (χ1n) is 15.5. The molecule has 3 aliphatic carbocycles. The number of aliphatic hydroxyl groups excluding tert-OH is 3. The van der Waals surface area contributed by atoms with Gasteiger partial charge in [-0.15, -0.1) is 5.92 Å². The van der Waals surface area contributed by atoms with Crippen LogP contribution < -0.4 is 11.1 Å². The minimum atomic E-state index is -0.525. The maximum absolute atomic E-state index is 11.3. The summed E-state index contributed by atoms with van der Waals surface area (Å²) in [5.41, 5.74) is 6.14. The smallest absolute Gasteiger partial charge is 0.0836 e. The van der Waals surface area contributed by atoms with Crippen LogP contribution in [0.1, 0.15) is 110 Å². The number of nitrogens with one attached hydrogen (secondary N) is 1. The van der Waals surface area contributed by atoms with Gasteiger partial charge in [0.2, 0.25) is 0 Å². The van der Waals surface area contributed by atoms with E-state index >= 15 is 0 Å². The van der Waals surface area contributed by atoms with Crippen LogP contribution in [-0.4, -0.2) is 59.1 Å². The van der Waals surface area contributed by atoms with E-state index in [1.54, 1.807) is 0 Å². The molecule has 6 heteroatoms. The van der Waals surface area contributed by atoms with Crippen molar-refractivity contribution in [3.8, 4) is 11.8 Å². The summed E-state index contributed by atoms with van der Waals surface area (Å²) in [7, 11) is 0. The number of hydrogen-bond acceptors (Lipinski definition) is 6. The minimum Gasteiger partial charge on any atom is -0.393 e. The Morgan fingerprint density at radius 1 is 1.05 bits per heavy atom. The normalized spacial score (nSPS) is 41.5. The Morgan fingerprint density at radius 2 is 1.89 bits per heavy atom. The van der Waals surface area contributed by atoms with Gasteiger partial charge in [0.05, 0.1) is 30.6 Å². The Morgan fingerprint density at radius 3 is 2.70 bits per heavy atom. The van der Waals surface area contributed by atoms with E-state index in [4.69, 9.17) is 10.5 Å². The standard InChI is InChI=1S/C31H54N2O4/c1-2-31-15-3-7-24(13-17-31)30(36)25(8-4-16-31)26(34)11-9-23-10-12-27(35)28(20-23)37-19-5-6-22-14-18-33-29(32)21-22/h22-30,33-36H,2-3,5-15,17-21,32H2,1H3. The topological polar surface area (TPSA) is 108 Å². The number of fused-ring (bicyclic) bond motifs is 3. The first kappa shape index (κ1) is 29.3. The summed E-state index contributed by atoms with van der Waals surface area (Å²) < 4.78 is 6.18. The third-order valence-corrected chi connectivity index (χ3v) is 10.4. The van der Waals surface area contributed by atoms with Gasteiger partial charge in [-0.05, 0) is 114 Å². The van der Waals surface area contributed by atoms with E-state index in [2.05, 4.69) is 24.1 Å². The minimum absolute atomic E-state index is 0.100. The fourth-order valence-electron chi connectivity index (χ4n) is 7.69. The Balaban J connectivity index is 1.23. The molecular formula is C31H54N2O4. The van der Waals surface area contributed by atoms with E-state index < -0.39 is 12.2 Å². The van der Waals surface area contributed by atoms with Crippen molar-refractivity contribution in [3.63, 3.8) is 0 Å². The monoisotopic (exact) mass is 518 g/mol. The van der Waals surface area contributed by atoms with E-state index in [0.717, 1.165) is 90.0 Å². The first-order valence-corrected chi connectivity index (χ1v) is 15.5. The van der Waals surface area contributed by atoms with Crippen LogP contribution in [-0.2, 0) is 4.74 Å². The van der Waals surface area contributed by atoms with Crippen LogP contribution in [0.25, 0.3) is 0 Å². The average Bonchev–Trinajstić information content (AvgIpc) is 3.08. The molecule has 0 amide bonds. The van der Waals surface area contributed by atoms with E-state index in [-0.39, 0.29) is 35.6 Å². The van der Waals surface area contributed by atoms with Gasteiger partial charge < -0.3 is 31.1 Å². The molecule has 212 valence electrons. The summed E-state index contributed by atoms with van der Waals surface area (Å²) in [6, 6.07) is 0. The maximum atomic E-state index is 11.3. The molecule has 0 radical (unpaired) electrons. The molecule has 0 aromatic heterocycles. The largest absolute Gasteiger partial charge is 0.393 e. The molecule has 4 aliphatic rings. The highest BCUT2D eigenvalue weighted by Crippen LogP contribution is 2.43. The Hall–Kier alpha value is -0.680. The van der Waals surface area contributed by atoms with Gasteiger partial charge in [0.15, 0.2) is 0 Å². The fraction of sp³-hybridized carbons (Fsp3) is 0.935. The Labute approximate surface area is 225 Å². The summed E-state index contributed by atoms with van der Waals surface area (Å²) >= 11 is 0. The second kappa shape index (κ2) is 14.1. The SMILES string of the molecule is CCC12C#CCC(C(O)CCC3CCC(O)C(OCCCC4CCNC(N)C4)C3)C(O)C(CCC1)CC2. The lowest BCUT2D eigenvalue weighted by molar-refractivity contribution is -0.0761. The third-order valence-electron chi connectivity index (χ3n) is 10.4. The molecule has 1 aliphatic heterocycles. The van der Waals surface area contributed by atoms with Crippen LogP contribution in [0.2, 0.25) is 0 Å². The summed E-state index contributed by atoms with van der Waals surface area (Å²) in [5, 5.41) is 36.4. The second-order valence-corrected chi connectivity index (χ2v) is 12.9. The van der Waals surface area contributed by atoms with Crippen LogP contribution in [0, 0.1) is 40.9 Å². The predicted octanol–water partition coefficient (Wildman–Crippen LogP) is 4.10. The van der Waals surface area contributed by atoms with Gasteiger partial charge in [0.1, 0.15) is 0 Å². The summed E-state index contributed by atoms with van der Waals surface area (Å²) in [6.45, 7) is 3.95. The number of nitrogens with two attached hydrogens (primary N) is 1. The maximum Gasteiger partial charge on any atom is 0.0836 e. The van der Waals surface area contributed by atoms with Crippen LogP contribution in [0.3, 0.4) is 0 Å². The van der Waals surface area contributed by atoms with E-state index in [1.807, 2.05) is 0 Å². The van der Waals surface area contributed by atoms with Gasteiger partial charge in [0.25, 0.3) is 0 Å². The highest BCUT2D eigenvalue weighted by atomic mass is 16.5. The number of ether oxygens (including phenoxy) is 1. The van der Waals surface area contributed by atoms with Crippen molar-refractivity contribution in [1.82, 2.24) is 5.32 Å². The molecule has 6 N–H and O–H groups in total. The van der Waals surface area contributed by atoms with Crippen LogP contribution in [0.5, 0.6) is 0 Å². The van der Waals surface area contributed by atoms with Crippen molar-refractivity contribution in [2.24, 2.45) is 34.8 Å². The van der Waals surface area contributed by atoms with Gasteiger partial charge in [-0.3, -0.25) is 0 Å². The van der Waals surface area contributed by atoms with Crippen molar-refractivity contribution < 1.29 is 20.1 Å². The molecule has 3 fully saturated rings. The number of piperidine rings is 1. The average molecular weight is 519 g/mol. The van der Waals surface area contributed by atoms with Crippen molar-refractivity contribution >= 4 is 0 Å². The predicted molar refractivity (Wildman–Crippen MR) is 147 cm³/mol. The molecule has 2 bridgehead atoms. The molecule has 0 aromatic carbocycles. The molecule has 0 aromatic rings. The van der Waals surface area contributed by atoms with Crippen molar-refractivity contribution in [1.29, 1.82) is 0 Å². The summed E-state index contributed by atoms with van der Waals surface area (Å²) in [5.74, 6) is 8.25. The van der Waals surface area contributed by atoms with Gasteiger partial charge in [0, 0.05) is 24.4 Å². The van der Waals surface area contributed by atoms with E-state index in [1.165, 1.54) is 6.42 Å². The van der Waals surface area contributed by atoms with E-state index in [0.29, 0.717) is 31.3 Å². The number of hydrogen-bond donors (Lipinski definition) is 5. The lowest BCUT2D eigenvalue weighted by Crippen LogP contribution is -2.44. The molecule has 10 atom stereocenters. The van der Waals surface area contributed by atoms with Gasteiger partial charge >= 0.3 is 0 Å². The molecule has 6 nitrogen and oxygen atoms in total. The highest BCUT2D eigenvalue weighted by Gasteiger charge is 2.38. The molecule has 0 spiro atoms. The Bertz CT molecular complexity index is 753. The van der Waals surface area contributed by atoms with E-state index in [9.17, 15) is 15.3 Å². The van der Waals surface area contributed by atoms with Crippen molar-refractivity contribution in [2.45, 2.75) is 140 Å². The van der Waals surface area contributed by atoms with Crippen LogP contribution >= 0.6 is 0 Å². The first-order chi connectivity index (χ1) is 17.9. The molecule has 4 rings (SSSR count). The highest BCUT2D eigenvalue weighted by molar-refractivity contribution is 5.15. The lowest BCUT2D eigenvalue weighted by Gasteiger charge is -2.35. The molecule has 1 heterocycles. The number of aliphatic hydroxyl groups is 3. The molecule has 1 saturated heterocycles. The zero-order valence-electron chi connectivity index (χ0n) is 23.3. The van der Waals surface area contributed by atoms with Crippen LogP contribution in [0.4, 0.5) is 0 Å². The van der Waals surface area contributed by atoms with Crippen LogP contribution in [0.15, 0.2) is 0 Å². The zero-order chi connectivity index (χ0) is 26.3. The number of rotatable bonds is 10. The molecule has 2 saturated carbocycles. The van der Waals surface area contributed by atoms with Crippen molar-refractivity contribution in [2.75, 3.05) is 13.2 Å². The quantitative estimate of drug-likeness (QED) is 0.220. The fourth-order valence-corrected chi connectivity index (χ4v) is 7.69. The molecular weight excluding hydrogens is 464 g/mol. The summed E-state index contributed by atoms with van der Waals surface area (Å²) in [4.78, 5) is 0. The van der Waals surface area contributed by atoms with Gasteiger partial charge in [-0.1, -0.05) is 19.3 Å². The third kappa shape index (κ3) is 8.16.